The summed E-state index contributed by atoms with van der Waals surface area (Å²) in [6, 6.07) is 0. The summed E-state index contributed by atoms with van der Waals surface area (Å²) in [5.41, 5.74) is -5.63. The molecule has 0 amide bonds. The monoisotopic (exact) mass is 248 g/mol. The Morgan fingerprint density at radius 2 is 1.43 bits per heavy atom. The Labute approximate surface area is 76.2 Å². The lowest BCUT2D eigenvalue weighted by molar-refractivity contribution is -0.194. The van der Waals surface area contributed by atoms with Gasteiger partial charge < -0.3 is 9.11 Å². The molecule has 1 unspecified atom stereocenters. The van der Waals surface area contributed by atoms with Gasteiger partial charge in [-0.15, -0.1) is 0 Å². The predicted octanol–water partition coefficient (Wildman–Crippen LogP) is 3.14. The first kappa shape index (κ1) is 13.8. The highest BCUT2D eigenvalue weighted by atomic mass is 32.3. The van der Waals surface area contributed by atoms with Crippen LogP contribution in [-0.4, -0.2) is 26.9 Å². The van der Waals surface area contributed by atoms with Crippen LogP contribution in [0.5, 0.6) is 0 Å². The quantitative estimate of drug-likeness (QED) is 0.738. The summed E-state index contributed by atoms with van der Waals surface area (Å²) < 4.78 is 89.3. The fourth-order valence-corrected chi connectivity index (χ4v) is 0.931. The highest BCUT2D eigenvalue weighted by Crippen LogP contribution is 2.57. The highest BCUT2D eigenvalue weighted by molar-refractivity contribution is 8.21. The van der Waals surface area contributed by atoms with E-state index in [9.17, 15) is 26.3 Å². The molecule has 0 saturated heterocycles. The Morgan fingerprint density at radius 3 is 1.64 bits per heavy atom. The molecular formula is C4H6F6O3S. The lowest BCUT2D eigenvalue weighted by Gasteiger charge is -2.31. The zero-order chi connectivity index (χ0) is 11.8. The molecule has 3 nitrogen and oxygen atoms in total. The fourth-order valence-electron chi connectivity index (χ4n) is 0.310. The van der Waals surface area contributed by atoms with Crippen molar-refractivity contribution in [2.45, 2.75) is 24.7 Å². The third kappa shape index (κ3) is 3.52. The van der Waals surface area contributed by atoms with Crippen LogP contribution in [0.15, 0.2) is 0 Å². The zero-order valence-electron chi connectivity index (χ0n) is 6.56. The molecule has 88 valence electrons. The Morgan fingerprint density at radius 1 is 1.07 bits per heavy atom. The molecule has 0 aromatic rings. The van der Waals surface area contributed by atoms with Crippen LogP contribution in [0.4, 0.5) is 26.3 Å². The van der Waals surface area contributed by atoms with Gasteiger partial charge in [0.25, 0.3) is 0 Å². The van der Waals surface area contributed by atoms with E-state index in [0.29, 0.717) is 0 Å². The summed E-state index contributed by atoms with van der Waals surface area (Å²) in [5, 5.41) is 0. The van der Waals surface area contributed by atoms with Crippen molar-refractivity contribution >= 4 is 10.9 Å². The minimum atomic E-state index is -5.70. The molecule has 2 N–H and O–H groups in total. The van der Waals surface area contributed by atoms with Gasteiger partial charge in [0.15, 0.2) is 17.0 Å². The summed E-state index contributed by atoms with van der Waals surface area (Å²) in [6.07, 6.45) is -8.00. The van der Waals surface area contributed by atoms with Gasteiger partial charge in [0, 0.05) is 0 Å². The molecule has 0 fully saturated rings. The third-order valence-corrected chi connectivity index (χ3v) is 2.20. The second-order valence-corrected chi connectivity index (χ2v) is 3.87. The molecule has 0 aromatic carbocycles. The number of alkyl halides is 6. The van der Waals surface area contributed by atoms with E-state index in [1.54, 1.807) is 0 Å². The van der Waals surface area contributed by atoms with E-state index in [0.717, 1.165) is 0 Å². The Bertz CT molecular complexity index is 198. The molecule has 0 aliphatic heterocycles. The molecule has 10 heteroatoms. The van der Waals surface area contributed by atoms with Crippen LogP contribution < -0.4 is 0 Å². The van der Waals surface area contributed by atoms with Gasteiger partial charge in [-0.3, -0.25) is 4.18 Å². The molecule has 0 aliphatic rings. The Balaban J connectivity index is 4.53. The van der Waals surface area contributed by atoms with Crippen molar-refractivity contribution in [3.8, 4) is 0 Å². The summed E-state index contributed by atoms with van der Waals surface area (Å²) in [5.74, 6) is 0. The van der Waals surface area contributed by atoms with E-state index in [-0.39, 0.29) is 6.92 Å². The normalized spacial score (nSPS) is 18.1. The maximum Gasteiger partial charge on any atom is 0.493 e. The van der Waals surface area contributed by atoms with Gasteiger partial charge in [-0.25, -0.2) is 0 Å². The third-order valence-electron chi connectivity index (χ3n) is 1.04. The molecule has 0 bridgehead atoms. The first-order valence-electron chi connectivity index (χ1n) is 2.97. The first-order chi connectivity index (χ1) is 5.88. The second kappa shape index (κ2) is 3.76. The van der Waals surface area contributed by atoms with Crippen molar-refractivity contribution in [2.24, 2.45) is 0 Å². The van der Waals surface area contributed by atoms with Crippen LogP contribution in [0, 0.1) is 0 Å². The van der Waals surface area contributed by atoms with Crippen molar-refractivity contribution in [1.82, 2.24) is 0 Å². The van der Waals surface area contributed by atoms with Crippen LogP contribution >= 0.6 is 10.9 Å². The van der Waals surface area contributed by atoms with Crippen molar-refractivity contribution in [3.63, 3.8) is 0 Å². The van der Waals surface area contributed by atoms with E-state index in [2.05, 4.69) is 4.18 Å². The van der Waals surface area contributed by atoms with Gasteiger partial charge in [0.1, 0.15) is 0 Å². The molecule has 1 atom stereocenters. The second-order valence-electron chi connectivity index (χ2n) is 2.22. The molecule has 0 radical (unpaired) electrons. The van der Waals surface area contributed by atoms with Crippen molar-refractivity contribution in [2.75, 3.05) is 0 Å². The minimum Gasteiger partial charge on any atom is -0.301 e. The van der Waals surface area contributed by atoms with Gasteiger partial charge >= 0.3 is 11.7 Å². The summed E-state index contributed by atoms with van der Waals surface area (Å²) >= 11 is 0. The maximum absolute atomic E-state index is 11.7. The van der Waals surface area contributed by atoms with Gasteiger partial charge in [0.05, 0.1) is 0 Å². The number of halogens is 6. The summed E-state index contributed by atoms with van der Waals surface area (Å²) in [7, 11) is -5.70. The standard InChI is InChI=1S/C4H6F6O3S/c1-2(3(5,6)7)13-14(11,12)4(8,9)10/h2,11-12H,1H3. The molecule has 0 spiro atoms. The molecule has 0 heterocycles. The van der Waals surface area contributed by atoms with Crippen molar-refractivity contribution in [1.29, 1.82) is 0 Å². The Hall–Kier alpha value is -0.190. The van der Waals surface area contributed by atoms with Crippen LogP contribution in [0.1, 0.15) is 6.92 Å². The van der Waals surface area contributed by atoms with E-state index in [4.69, 9.17) is 9.11 Å². The van der Waals surface area contributed by atoms with Gasteiger partial charge in [-0.05, 0) is 6.92 Å². The SMILES string of the molecule is CC(OS(O)(O)C(F)(F)F)C(F)(F)F. The summed E-state index contributed by atoms with van der Waals surface area (Å²) in [6.45, 7) is 0.236. The van der Waals surface area contributed by atoms with Crippen LogP contribution in [0.25, 0.3) is 0 Å². The number of rotatable bonds is 2. The lowest BCUT2D eigenvalue weighted by atomic mass is 10.4. The first-order valence-corrected chi connectivity index (χ1v) is 4.44. The van der Waals surface area contributed by atoms with Crippen molar-refractivity contribution in [3.05, 3.63) is 0 Å². The molecule has 0 aromatic heterocycles. The predicted molar refractivity (Wildman–Crippen MR) is 35.5 cm³/mol. The van der Waals surface area contributed by atoms with Gasteiger partial charge in [-0.1, -0.05) is 0 Å². The van der Waals surface area contributed by atoms with E-state index >= 15 is 0 Å². The smallest absolute Gasteiger partial charge is 0.301 e. The number of hydrogen-bond acceptors (Lipinski definition) is 3. The average molecular weight is 248 g/mol. The highest BCUT2D eigenvalue weighted by Gasteiger charge is 2.54. The maximum atomic E-state index is 11.7. The zero-order valence-corrected chi connectivity index (χ0v) is 7.37. The lowest BCUT2D eigenvalue weighted by Crippen LogP contribution is -2.33. The van der Waals surface area contributed by atoms with Gasteiger partial charge in [0.2, 0.25) is 0 Å². The summed E-state index contributed by atoms with van der Waals surface area (Å²) in [4.78, 5) is 0. The van der Waals surface area contributed by atoms with Crippen LogP contribution in [0.2, 0.25) is 0 Å². The topological polar surface area (TPSA) is 49.7 Å². The fraction of sp³-hybridized carbons (Fsp3) is 1.00. The molecule has 0 rings (SSSR count). The molecular weight excluding hydrogens is 242 g/mol. The van der Waals surface area contributed by atoms with Gasteiger partial charge in [-0.2, -0.15) is 26.3 Å². The average Bonchev–Trinajstić information content (AvgIpc) is 1.80. The minimum absolute atomic E-state index is 0.236. The largest absolute Gasteiger partial charge is 0.493 e. The Kier molecular flexibility index (Phi) is 3.71. The van der Waals surface area contributed by atoms with E-state index < -0.39 is 28.7 Å². The van der Waals surface area contributed by atoms with Crippen LogP contribution in [-0.2, 0) is 4.18 Å². The van der Waals surface area contributed by atoms with Crippen molar-refractivity contribution < 1.29 is 39.6 Å². The van der Waals surface area contributed by atoms with E-state index in [1.165, 1.54) is 0 Å². The molecule has 0 saturated carbocycles. The van der Waals surface area contributed by atoms with E-state index in [1.807, 2.05) is 0 Å². The number of hydrogen-bond donors (Lipinski definition) is 2. The molecule has 0 aliphatic carbocycles. The van der Waals surface area contributed by atoms with Crippen LogP contribution in [0.3, 0.4) is 0 Å². The molecule has 14 heavy (non-hydrogen) atoms.